The van der Waals surface area contributed by atoms with Crippen LogP contribution < -0.4 is 9.62 Å². The van der Waals surface area contributed by atoms with Gasteiger partial charge in [0.2, 0.25) is 0 Å². The number of rotatable bonds is 4. The molecule has 0 saturated carbocycles. The fourth-order valence-electron chi connectivity index (χ4n) is 2.67. The van der Waals surface area contributed by atoms with Crippen molar-refractivity contribution in [1.29, 1.82) is 0 Å². The number of aryl methyl sites for hydroxylation is 1. The van der Waals surface area contributed by atoms with Crippen molar-refractivity contribution < 1.29 is 17.5 Å². The van der Waals surface area contributed by atoms with Crippen LogP contribution in [0.2, 0.25) is 5.02 Å². The van der Waals surface area contributed by atoms with Gasteiger partial charge < -0.3 is 9.64 Å². The predicted octanol–water partition coefficient (Wildman–Crippen LogP) is 3.42. The molecule has 0 aliphatic carbocycles. The van der Waals surface area contributed by atoms with Crippen molar-refractivity contribution in [3.63, 3.8) is 0 Å². The Morgan fingerprint density at radius 3 is 2.52 bits per heavy atom. The molecule has 1 fully saturated rings. The topological polar surface area (TPSA) is 58.6 Å². The Labute approximate surface area is 151 Å². The third-order valence-electron chi connectivity index (χ3n) is 4.01. The number of morpholine rings is 1. The zero-order chi connectivity index (χ0) is 18.0. The van der Waals surface area contributed by atoms with Crippen LogP contribution in [0.3, 0.4) is 0 Å². The number of halogens is 2. The van der Waals surface area contributed by atoms with Gasteiger partial charge in [-0.3, -0.25) is 4.72 Å². The van der Waals surface area contributed by atoms with E-state index < -0.39 is 15.8 Å². The molecule has 0 atom stereocenters. The van der Waals surface area contributed by atoms with Gasteiger partial charge in [-0.25, -0.2) is 12.8 Å². The van der Waals surface area contributed by atoms with Crippen LogP contribution in [0, 0.1) is 12.7 Å². The van der Waals surface area contributed by atoms with E-state index in [-0.39, 0.29) is 9.92 Å². The molecule has 2 aromatic rings. The summed E-state index contributed by atoms with van der Waals surface area (Å²) in [6.45, 7) is 4.78. The van der Waals surface area contributed by atoms with E-state index in [1.54, 1.807) is 6.07 Å². The summed E-state index contributed by atoms with van der Waals surface area (Å²) in [6.07, 6.45) is 0. The van der Waals surface area contributed by atoms with Gasteiger partial charge in [0.05, 0.1) is 23.9 Å². The highest BCUT2D eigenvalue weighted by atomic mass is 35.5. The van der Waals surface area contributed by atoms with E-state index in [9.17, 15) is 12.8 Å². The Morgan fingerprint density at radius 1 is 1.16 bits per heavy atom. The second-order valence-corrected chi connectivity index (χ2v) is 7.84. The number of hydrogen-bond acceptors (Lipinski definition) is 4. The summed E-state index contributed by atoms with van der Waals surface area (Å²) in [5, 5.41) is -0.157. The molecule has 3 rings (SSSR count). The van der Waals surface area contributed by atoms with Gasteiger partial charge in [-0.15, -0.1) is 0 Å². The molecule has 1 saturated heterocycles. The molecule has 8 heteroatoms. The largest absolute Gasteiger partial charge is 0.378 e. The number of benzene rings is 2. The average Bonchev–Trinajstić information content (AvgIpc) is 2.57. The minimum Gasteiger partial charge on any atom is -0.378 e. The van der Waals surface area contributed by atoms with Crippen LogP contribution in [0.1, 0.15) is 5.56 Å². The van der Waals surface area contributed by atoms with Crippen molar-refractivity contribution >= 4 is 33.0 Å². The van der Waals surface area contributed by atoms with Gasteiger partial charge in [0, 0.05) is 18.8 Å². The molecule has 0 bridgehead atoms. The first-order valence-corrected chi connectivity index (χ1v) is 9.64. The van der Waals surface area contributed by atoms with Gasteiger partial charge in [-0.1, -0.05) is 11.6 Å². The zero-order valence-electron chi connectivity index (χ0n) is 13.6. The summed E-state index contributed by atoms with van der Waals surface area (Å²) in [6, 6.07) is 8.70. The average molecular weight is 385 g/mol. The van der Waals surface area contributed by atoms with Crippen molar-refractivity contribution in [1.82, 2.24) is 0 Å². The molecule has 0 amide bonds. The molecule has 1 aliphatic heterocycles. The summed E-state index contributed by atoms with van der Waals surface area (Å²) in [5.41, 5.74) is 2.26. The van der Waals surface area contributed by atoms with E-state index in [0.29, 0.717) is 18.9 Å². The fraction of sp³-hybridized carbons (Fsp3) is 0.294. The van der Waals surface area contributed by atoms with Gasteiger partial charge in [-0.2, -0.15) is 0 Å². The number of anilines is 2. The van der Waals surface area contributed by atoms with Gasteiger partial charge in [0.25, 0.3) is 10.0 Å². The van der Waals surface area contributed by atoms with Crippen molar-refractivity contribution in [3.05, 3.63) is 52.8 Å². The minimum atomic E-state index is -3.90. The highest BCUT2D eigenvalue weighted by molar-refractivity contribution is 7.92. The SMILES string of the molecule is Cc1cc(N2CCOCC2)ccc1NS(=O)(=O)c1ccc(F)cc1Cl. The Balaban J connectivity index is 1.84. The first-order valence-electron chi connectivity index (χ1n) is 7.78. The first-order chi connectivity index (χ1) is 11.9. The first kappa shape index (κ1) is 18.0. The third kappa shape index (κ3) is 4.05. The van der Waals surface area contributed by atoms with Gasteiger partial charge in [-0.05, 0) is 48.9 Å². The second kappa shape index (κ2) is 7.19. The molecule has 0 radical (unpaired) electrons. The lowest BCUT2D eigenvalue weighted by atomic mass is 10.1. The van der Waals surface area contributed by atoms with Crippen LogP contribution in [-0.2, 0) is 14.8 Å². The Hall–Kier alpha value is -1.83. The Morgan fingerprint density at radius 2 is 1.88 bits per heavy atom. The zero-order valence-corrected chi connectivity index (χ0v) is 15.2. The lowest BCUT2D eigenvalue weighted by molar-refractivity contribution is 0.122. The van der Waals surface area contributed by atoms with Crippen LogP contribution >= 0.6 is 11.6 Å². The van der Waals surface area contributed by atoms with Crippen LogP contribution in [0.4, 0.5) is 15.8 Å². The van der Waals surface area contributed by atoms with E-state index in [0.717, 1.165) is 42.5 Å². The van der Waals surface area contributed by atoms with Gasteiger partial charge in [0.15, 0.2) is 0 Å². The molecule has 0 aromatic heterocycles. The van der Waals surface area contributed by atoms with E-state index in [2.05, 4.69) is 9.62 Å². The number of ether oxygens (including phenoxy) is 1. The maximum absolute atomic E-state index is 13.1. The molecule has 2 aromatic carbocycles. The van der Waals surface area contributed by atoms with Crippen molar-refractivity contribution in [2.75, 3.05) is 35.9 Å². The molecule has 1 heterocycles. The summed E-state index contributed by atoms with van der Waals surface area (Å²) in [5.74, 6) is -0.588. The van der Waals surface area contributed by atoms with Crippen molar-refractivity contribution in [3.8, 4) is 0 Å². The highest BCUT2D eigenvalue weighted by Gasteiger charge is 2.20. The van der Waals surface area contributed by atoms with E-state index in [4.69, 9.17) is 16.3 Å². The Bertz CT molecular complexity index is 883. The van der Waals surface area contributed by atoms with Gasteiger partial charge >= 0.3 is 0 Å². The van der Waals surface area contributed by atoms with Crippen LogP contribution in [0.25, 0.3) is 0 Å². The van der Waals surface area contributed by atoms with Gasteiger partial charge in [0.1, 0.15) is 10.7 Å². The molecule has 1 N–H and O–H groups in total. The normalized spacial score (nSPS) is 15.2. The number of hydrogen-bond donors (Lipinski definition) is 1. The summed E-state index contributed by atoms with van der Waals surface area (Å²) in [4.78, 5) is 2.03. The number of nitrogens with zero attached hydrogens (tertiary/aromatic N) is 1. The monoisotopic (exact) mass is 384 g/mol. The highest BCUT2D eigenvalue weighted by Crippen LogP contribution is 2.28. The maximum Gasteiger partial charge on any atom is 0.263 e. The molecule has 1 aliphatic rings. The Kier molecular flexibility index (Phi) is 5.17. The lowest BCUT2D eigenvalue weighted by Crippen LogP contribution is -2.36. The minimum absolute atomic E-state index is 0.157. The lowest BCUT2D eigenvalue weighted by Gasteiger charge is -2.29. The third-order valence-corrected chi connectivity index (χ3v) is 5.86. The maximum atomic E-state index is 13.1. The van der Waals surface area contributed by atoms with E-state index in [1.807, 2.05) is 19.1 Å². The number of nitrogens with one attached hydrogen (secondary N) is 1. The summed E-state index contributed by atoms with van der Waals surface area (Å²) >= 11 is 5.87. The van der Waals surface area contributed by atoms with Crippen LogP contribution in [0.5, 0.6) is 0 Å². The van der Waals surface area contributed by atoms with E-state index in [1.165, 1.54) is 0 Å². The predicted molar refractivity (Wildman–Crippen MR) is 96.4 cm³/mol. The molecule has 0 unspecified atom stereocenters. The van der Waals surface area contributed by atoms with Crippen LogP contribution in [0.15, 0.2) is 41.3 Å². The number of sulfonamides is 1. The molecular weight excluding hydrogens is 367 g/mol. The fourth-order valence-corrected chi connectivity index (χ4v) is 4.34. The summed E-state index contributed by atoms with van der Waals surface area (Å²) in [7, 11) is -3.90. The molecule has 134 valence electrons. The smallest absolute Gasteiger partial charge is 0.263 e. The van der Waals surface area contributed by atoms with Crippen molar-refractivity contribution in [2.24, 2.45) is 0 Å². The second-order valence-electron chi connectivity index (χ2n) is 5.78. The molecular formula is C17H18ClFN2O3S. The quantitative estimate of drug-likeness (QED) is 0.877. The molecule has 5 nitrogen and oxygen atoms in total. The molecule has 0 spiro atoms. The van der Waals surface area contributed by atoms with E-state index >= 15 is 0 Å². The molecule has 25 heavy (non-hydrogen) atoms. The van der Waals surface area contributed by atoms with Crippen molar-refractivity contribution in [2.45, 2.75) is 11.8 Å². The van der Waals surface area contributed by atoms with Crippen LogP contribution in [-0.4, -0.2) is 34.7 Å². The summed E-state index contributed by atoms with van der Waals surface area (Å²) < 4.78 is 46.0. The standard InChI is InChI=1S/C17H18ClFN2O3S/c1-12-10-14(21-6-8-24-9-7-21)3-4-16(12)20-25(22,23)17-5-2-13(19)11-15(17)18/h2-5,10-11,20H,6-9H2,1H3.